The molecule has 6 nitrogen and oxygen atoms in total. The molecule has 0 aromatic heterocycles. The molecule has 1 atom stereocenters. The van der Waals surface area contributed by atoms with E-state index in [1.165, 1.54) is 20.0 Å². The maximum absolute atomic E-state index is 13.3. The second kappa shape index (κ2) is 8.43. The number of carbonyl (C=O) groups excluding carboxylic acids is 2. The van der Waals surface area contributed by atoms with Crippen LogP contribution < -0.4 is 9.47 Å². The largest absolute Gasteiger partial charge is 0.469 e. The monoisotopic (exact) mass is 361 g/mol. The van der Waals surface area contributed by atoms with Crippen LogP contribution in [0.3, 0.4) is 0 Å². The van der Waals surface area contributed by atoms with Crippen molar-refractivity contribution in [1.82, 2.24) is 4.90 Å². The van der Waals surface area contributed by atoms with Gasteiger partial charge in [0.25, 0.3) is 5.91 Å². The van der Waals surface area contributed by atoms with E-state index in [4.69, 9.17) is 14.2 Å². The molecule has 1 aromatic carbocycles. The highest BCUT2D eigenvalue weighted by Crippen LogP contribution is 2.33. The van der Waals surface area contributed by atoms with Crippen molar-refractivity contribution in [2.45, 2.75) is 51.5 Å². The molecule has 0 radical (unpaired) electrons. The molecule has 26 heavy (non-hydrogen) atoms. The predicted octanol–water partition coefficient (Wildman–Crippen LogP) is 3.39. The van der Waals surface area contributed by atoms with Crippen LogP contribution in [0.2, 0.25) is 0 Å². The molecule has 1 aromatic rings. The third-order valence-corrected chi connectivity index (χ3v) is 5.22. The standard InChI is InChI=1S/C20H27NO5/c1-14(20(23)24-2)12-21(16-7-5-3-4-6-8-16)19(22)15-9-10-17-18(11-15)26-13-25-17/h9-11,14,16H,3-8,12-13H2,1-2H3. The first kappa shape index (κ1) is 18.5. The fourth-order valence-electron chi connectivity index (χ4n) is 3.73. The first-order valence-electron chi connectivity index (χ1n) is 9.38. The van der Waals surface area contributed by atoms with Crippen molar-refractivity contribution in [1.29, 1.82) is 0 Å². The number of benzene rings is 1. The lowest BCUT2D eigenvalue weighted by Gasteiger charge is -2.33. The Kier molecular flexibility index (Phi) is 6.01. The van der Waals surface area contributed by atoms with E-state index in [1.54, 1.807) is 18.2 Å². The molecule has 2 aliphatic rings. The van der Waals surface area contributed by atoms with Crippen molar-refractivity contribution in [3.8, 4) is 11.5 Å². The first-order chi connectivity index (χ1) is 12.6. The molecule has 0 spiro atoms. The second-order valence-electron chi connectivity index (χ2n) is 7.10. The number of ether oxygens (including phenoxy) is 3. The van der Waals surface area contributed by atoms with Crippen LogP contribution in [0.15, 0.2) is 18.2 Å². The molecule has 1 fully saturated rings. The van der Waals surface area contributed by atoms with Crippen molar-refractivity contribution in [3.63, 3.8) is 0 Å². The highest BCUT2D eigenvalue weighted by Gasteiger charge is 2.30. The summed E-state index contributed by atoms with van der Waals surface area (Å²) in [5.41, 5.74) is 0.565. The molecule has 1 aliphatic heterocycles. The van der Waals surface area contributed by atoms with E-state index in [2.05, 4.69) is 0 Å². The summed E-state index contributed by atoms with van der Waals surface area (Å²) >= 11 is 0. The smallest absolute Gasteiger partial charge is 0.310 e. The van der Waals surface area contributed by atoms with Crippen LogP contribution in [0.1, 0.15) is 55.8 Å². The minimum absolute atomic E-state index is 0.0639. The van der Waals surface area contributed by atoms with E-state index < -0.39 is 0 Å². The SMILES string of the molecule is COC(=O)C(C)CN(C(=O)c1ccc2c(c1)OCO2)C1CCCCCC1. The zero-order valence-corrected chi connectivity index (χ0v) is 15.5. The highest BCUT2D eigenvalue weighted by molar-refractivity contribution is 5.95. The molecule has 0 saturated heterocycles. The van der Waals surface area contributed by atoms with Crippen LogP contribution >= 0.6 is 0 Å². The Morgan fingerprint density at radius 1 is 1.15 bits per heavy atom. The summed E-state index contributed by atoms with van der Waals surface area (Å²) < 4.78 is 15.6. The zero-order chi connectivity index (χ0) is 18.5. The molecular weight excluding hydrogens is 334 g/mol. The predicted molar refractivity (Wildman–Crippen MR) is 96.3 cm³/mol. The van der Waals surface area contributed by atoms with E-state index in [9.17, 15) is 9.59 Å². The van der Waals surface area contributed by atoms with Crippen LogP contribution in [0.25, 0.3) is 0 Å². The number of nitrogens with zero attached hydrogens (tertiary/aromatic N) is 1. The Bertz CT molecular complexity index is 652. The number of fused-ring (bicyclic) bond motifs is 1. The Labute approximate surface area is 154 Å². The van der Waals surface area contributed by atoms with E-state index in [1.807, 2.05) is 11.8 Å². The third-order valence-electron chi connectivity index (χ3n) is 5.22. The number of amides is 1. The fourth-order valence-corrected chi connectivity index (χ4v) is 3.73. The van der Waals surface area contributed by atoms with Crippen LogP contribution in [0.5, 0.6) is 11.5 Å². The zero-order valence-electron chi connectivity index (χ0n) is 15.5. The Hall–Kier alpha value is -2.24. The number of carbonyl (C=O) groups is 2. The van der Waals surface area contributed by atoms with Gasteiger partial charge in [0, 0.05) is 18.2 Å². The van der Waals surface area contributed by atoms with Gasteiger partial charge in [0.2, 0.25) is 6.79 Å². The van der Waals surface area contributed by atoms with Gasteiger partial charge in [0.15, 0.2) is 11.5 Å². The van der Waals surface area contributed by atoms with Gasteiger partial charge >= 0.3 is 5.97 Å². The van der Waals surface area contributed by atoms with E-state index >= 15 is 0 Å². The maximum Gasteiger partial charge on any atom is 0.310 e. The van der Waals surface area contributed by atoms with Crippen LogP contribution in [0, 0.1) is 5.92 Å². The Morgan fingerprint density at radius 2 is 1.85 bits per heavy atom. The summed E-state index contributed by atoms with van der Waals surface area (Å²) in [6.45, 7) is 2.35. The molecule has 0 N–H and O–H groups in total. The normalized spacial score (nSPS) is 18.1. The molecule has 1 amide bonds. The van der Waals surface area contributed by atoms with Gasteiger partial charge in [-0.2, -0.15) is 0 Å². The minimum Gasteiger partial charge on any atom is -0.469 e. The molecule has 1 saturated carbocycles. The first-order valence-corrected chi connectivity index (χ1v) is 9.38. The Morgan fingerprint density at radius 3 is 2.54 bits per heavy atom. The molecule has 1 unspecified atom stereocenters. The Balaban J connectivity index is 1.83. The van der Waals surface area contributed by atoms with Gasteiger partial charge in [0.05, 0.1) is 13.0 Å². The quantitative estimate of drug-likeness (QED) is 0.594. The number of hydrogen-bond donors (Lipinski definition) is 0. The lowest BCUT2D eigenvalue weighted by molar-refractivity contribution is -0.145. The van der Waals surface area contributed by atoms with Gasteiger partial charge in [-0.05, 0) is 31.0 Å². The summed E-state index contributed by atoms with van der Waals surface area (Å²) in [4.78, 5) is 27.1. The lowest BCUT2D eigenvalue weighted by Crippen LogP contribution is -2.44. The van der Waals surface area contributed by atoms with Gasteiger partial charge in [-0.3, -0.25) is 9.59 Å². The third kappa shape index (κ3) is 4.11. The summed E-state index contributed by atoms with van der Waals surface area (Å²) in [6, 6.07) is 5.42. The second-order valence-corrected chi connectivity index (χ2v) is 7.10. The topological polar surface area (TPSA) is 65.1 Å². The minimum atomic E-state index is -0.360. The van der Waals surface area contributed by atoms with Crippen molar-refractivity contribution in [2.24, 2.45) is 5.92 Å². The summed E-state index contributed by atoms with van der Waals surface area (Å²) in [5, 5.41) is 0. The maximum atomic E-state index is 13.3. The fraction of sp³-hybridized carbons (Fsp3) is 0.600. The average Bonchev–Trinajstić information content (AvgIpc) is 2.97. The van der Waals surface area contributed by atoms with Crippen molar-refractivity contribution in [3.05, 3.63) is 23.8 Å². The summed E-state index contributed by atoms with van der Waals surface area (Å²) in [6.07, 6.45) is 6.59. The number of hydrogen-bond acceptors (Lipinski definition) is 5. The van der Waals surface area contributed by atoms with Crippen molar-refractivity contribution in [2.75, 3.05) is 20.4 Å². The highest BCUT2D eigenvalue weighted by atomic mass is 16.7. The number of esters is 1. The molecule has 142 valence electrons. The van der Waals surface area contributed by atoms with Crippen molar-refractivity contribution < 1.29 is 23.8 Å². The average molecular weight is 361 g/mol. The van der Waals surface area contributed by atoms with Gasteiger partial charge in [0.1, 0.15) is 0 Å². The van der Waals surface area contributed by atoms with Crippen LogP contribution in [-0.4, -0.2) is 43.3 Å². The van der Waals surface area contributed by atoms with Gasteiger partial charge in [-0.1, -0.05) is 32.6 Å². The summed E-state index contributed by atoms with van der Waals surface area (Å²) in [7, 11) is 1.38. The molecule has 1 aliphatic carbocycles. The van der Waals surface area contributed by atoms with Gasteiger partial charge in [-0.25, -0.2) is 0 Å². The molecule has 3 rings (SSSR count). The van der Waals surface area contributed by atoms with Crippen LogP contribution in [0.4, 0.5) is 0 Å². The molecule has 6 heteroatoms. The van der Waals surface area contributed by atoms with Crippen LogP contribution in [-0.2, 0) is 9.53 Å². The summed E-state index contributed by atoms with van der Waals surface area (Å²) in [5.74, 6) is 0.539. The molecular formula is C20H27NO5. The molecule has 1 heterocycles. The van der Waals surface area contributed by atoms with Gasteiger partial charge in [-0.15, -0.1) is 0 Å². The number of rotatable bonds is 5. The van der Waals surface area contributed by atoms with E-state index in [0.717, 1.165) is 25.7 Å². The van der Waals surface area contributed by atoms with Crippen molar-refractivity contribution >= 4 is 11.9 Å². The molecule has 0 bridgehead atoms. The van der Waals surface area contributed by atoms with Gasteiger partial charge < -0.3 is 19.1 Å². The lowest BCUT2D eigenvalue weighted by atomic mass is 10.0. The van der Waals surface area contributed by atoms with E-state index in [-0.39, 0.29) is 30.6 Å². The van der Waals surface area contributed by atoms with E-state index in [0.29, 0.717) is 23.6 Å². The number of methoxy groups -OCH3 is 1.